The molecular weight excluding hydrogens is 248 g/mol. The molecule has 0 saturated carbocycles. The maximum atomic E-state index is 6.33. The van der Waals surface area contributed by atoms with E-state index in [1.807, 2.05) is 0 Å². The molecule has 4 heterocycles. The van der Waals surface area contributed by atoms with Crippen LogP contribution in [0, 0.1) is 0 Å². The average molecular weight is 278 g/mol. The summed E-state index contributed by atoms with van der Waals surface area (Å²) >= 11 is 0. The quantitative estimate of drug-likeness (QED) is 0.807. The fourth-order valence-electron chi connectivity index (χ4n) is 5.52. The van der Waals surface area contributed by atoms with Gasteiger partial charge in [0.25, 0.3) is 0 Å². The SMILES string of the molecule is CN1C2CCC1CC(CN)(N1CCN3CCCC3C1)C2. The first-order valence-electron chi connectivity index (χ1n) is 8.63. The van der Waals surface area contributed by atoms with Gasteiger partial charge >= 0.3 is 0 Å². The van der Waals surface area contributed by atoms with Crippen molar-refractivity contribution in [3.05, 3.63) is 0 Å². The lowest BCUT2D eigenvalue weighted by Gasteiger charge is -2.54. The number of nitrogens with zero attached hydrogens (tertiary/aromatic N) is 3. The van der Waals surface area contributed by atoms with Crippen LogP contribution in [0.15, 0.2) is 0 Å². The van der Waals surface area contributed by atoms with Crippen molar-refractivity contribution in [1.82, 2.24) is 14.7 Å². The van der Waals surface area contributed by atoms with Crippen molar-refractivity contribution in [2.75, 3.05) is 39.8 Å². The number of rotatable bonds is 2. The third-order valence-corrected chi connectivity index (χ3v) is 6.85. The summed E-state index contributed by atoms with van der Waals surface area (Å²) in [7, 11) is 2.33. The number of nitrogens with two attached hydrogens (primary N) is 1. The minimum atomic E-state index is 0.313. The van der Waals surface area contributed by atoms with E-state index in [0.717, 1.165) is 24.7 Å². The predicted molar refractivity (Wildman–Crippen MR) is 81.8 cm³/mol. The summed E-state index contributed by atoms with van der Waals surface area (Å²) in [5.41, 5.74) is 6.64. The molecule has 0 aliphatic carbocycles. The third kappa shape index (κ3) is 1.96. The van der Waals surface area contributed by atoms with Crippen LogP contribution in [-0.4, -0.2) is 78.1 Å². The van der Waals surface area contributed by atoms with Crippen LogP contribution >= 0.6 is 0 Å². The van der Waals surface area contributed by atoms with Crippen LogP contribution < -0.4 is 5.73 Å². The minimum Gasteiger partial charge on any atom is -0.329 e. The smallest absolute Gasteiger partial charge is 0.0362 e. The van der Waals surface area contributed by atoms with Crippen molar-refractivity contribution < 1.29 is 0 Å². The van der Waals surface area contributed by atoms with Gasteiger partial charge in [-0.05, 0) is 52.1 Å². The second kappa shape index (κ2) is 4.94. The van der Waals surface area contributed by atoms with Crippen molar-refractivity contribution in [3.8, 4) is 0 Å². The van der Waals surface area contributed by atoms with E-state index in [-0.39, 0.29) is 0 Å². The minimum absolute atomic E-state index is 0.313. The highest BCUT2D eigenvalue weighted by atomic mass is 15.3. The summed E-state index contributed by atoms with van der Waals surface area (Å²) in [5.74, 6) is 0. The molecule has 0 aromatic heterocycles. The Kier molecular flexibility index (Phi) is 3.33. The molecule has 0 aromatic rings. The van der Waals surface area contributed by atoms with Gasteiger partial charge in [0.1, 0.15) is 0 Å². The summed E-state index contributed by atoms with van der Waals surface area (Å²) in [6.07, 6.45) is 8.22. The van der Waals surface area contributed by atoms with Crippen molar-refractivity contribution >= 4 is 0 Å². The second-order valence-corrected chi connectivity index (χ2v) is 7.67. The fourth-order valence-corrected chi connectivity index (χ4v) is 5.52. The lowest BCUT2D eigenvalue weighted by molar-refractivity contribution is -0.0347. The van der Waals surface area contributed by atoms with Gasteiger partial charge in [-0.25, -0.2) is 0 Å². The molecule has 20 heavy (non-hydrogen) atoms. The molecule has 0 radical (unpaired) electrons. The Morgan fingerprint density at radius 1 is 1.00 bits per heavy atom. The van der Waals surface area contributed by atoms with Crippen LogP contribution in [0.4, 0.5) is 0 Å². The molecule has 2 N–H and O–H groups in total. The Bertz CT molecular complexity index is 357. The number of hydrogen-bond acceptors (Lipinski definition) is 4. The molecule has 0 amide bonds. The Balaban J connectivity index is 1.53. The Morgan fingerprint density at radius 2 is 1.75 bits per heavy atom. The van der Waals surface area contributed by atoms with E-state index >= 15 is 0 Å². The first-order valence-corrected chi connectivity index (χ1v) is 8.63. The molecule has 4 aliphatic heterocycles. The average Bonchev–Trinajstić information content (AvgIpc) is 3.00. The van der Waals surface area contributed by atoms with Crippen LogP contribution in [0.2, 0.25) is 0 Å². The molecule has 4 fully saturated rings. The molecule has 0 aromatic carbocycles. The van der Waals surface area contributed by atoms with Gasteiger partial charge in [0.05, 0.1) is 0 Å². The topological polar surface area (TPSA) is 35.7 Å². The van der Waals surface area contributed by atoms with Crippen molar-refractivity contribution in [3.63, 3.8) is 0 Å². The molecule has 114 valence electrons. The zero-order valence-corrected chi connectivity index (χ0v) is 12.9. The largest absolute Gasteiger partial charge is 0.329 e. The van der Waals surface area contributed by atoms with Gasteiger partial charge < -0.3 is 10.6 Å². The van der Waals surface area contributed by atoms with E-state index < -0.39 is 0 Å². The van der Waals surface area contributed by atoms with Crippen LogP contribution in [0.3, 0.4) is 0 Å². The zero-order chi connectivity index (χ0) is 13.7. The number of piperazine rings is 1. The van der Waals surface area contributed by atoms with Gasteiger partial charge in [-0.2, -0.15) is 0 Å². The molecular formula is C16H30N4. The maximum absolute atomic E-state index is 6.33. The summed E-state index contributed by atoms with van der Waals surface area (Å²) in [5, 5.41) is 0. The van der Waals surface area contributed by atoms with E-state index in [0.29, 0.717) is 5.54 Å². The second-order valence-electron chi connectivity index (χ2n) is 7.67. The molecule has 0 spiro atoms. The molecule has 4 nitrogen and oxygen atoms in total. The van der Waals surface area contributed by atoms with Gasteiger partial charge in [0.15, 0.2) is 0 Å². The zero-order valence-electron chi connectivity index (χ0n) is 12.9. The van der Waals surface area contributed by atoms with Crippen LogP contribution in [0.25, 0.3) is 0 Å². The summed E-state index contributed by atoms with van der Waals surface area (Å²) < 4.78 is 0. The normalized spacial score (nSPS) is 46.8. The van der Waals surface area contributed by atoms with Crippen molar-refractivity contribution in [2.24, 2.45) is 5.73 Å². The Labute approximate surface area is 123 Å². The number of hydrogen-bond donors (Lipinski definition) is 1. The number of piperidine rings is 1. The van der Waals surface area contributed by atoms with E-state index in [1.54, 1.807) is 0 Å². The molecule has 3 atom stereocenters. The molecule has 4 rings (SSSR count). The fraction of sp³-hybridized carbons (Fsp3) is 1.00. The van der Waals surface area contributed by atoms with E-state index in [1.165, 1.54) is 64.7 Å². The van der Waals surface area contributed by atoms with E-state index in [9.17, 15) is 0 Å². The number of fused-ring (bicyclic) bond motifs is 3. The third-order valence-electron chi connectivity index (χ3n) is 6.85. The van der Waals surface area contributed by atoms with Crippen molar-refractivity contribution in [1.29, 1.82) is 0 Å². The van der Waals surface area contributed by atoms with E-state index in [4.69, 9.17) is 5.73 Å². The highest BCUT2D eigenvalue weighted by Crippen LogP contribution is 2.43. The van der Waals surface area contributed by atoms with E-state index in [2.05, 4.69) is 21.7 Å². The van der Waals surface area contributed by atoms with Gasteiger partial charge in [0.2, 0.25) is 0 Å². The molecule has 4 heteroatoms. The van der Waals surface area contributed by atoms with Crippen LogP contribution in [-0.2, 0) is 0 Å². The highest BCUT2D eigenvalue weighted by molar-refractivity contribution is 5.08. The molecule has 2 bridgehead atoms. The first kappa shape index (κ1) is 13.5. The molecule has 4 saturated heterocycles. The monoisotopic (exact) mass is 278 g/mol. The summed E-state index contributed by atoms with van der Waals surface area (Å²) in [6.45, 7) is 6.00. The van der Waals surface area contributed by atoms with Crippen LogP contribution in [0.1, 0.15) is 38.5 Å². The lowest BCUT2D eigenvalue weighted by Crippen LogP contribution is -2.66. The Hall–Kier alpha value is -0.160. The van der Waals surface area contributed by atoms with Crippen LogP contribution in [0.5, 0.6) is 0 Å². The van der Waals surface area contributed by atoms with Crippen molar-refractivity contribution in [2.45, 2.75) is 62.2 Å². The van der Waals surface area contributed by atoms with Gasteiger partial charge in [-0.1, -0.05) is 0 Å². The molecule has 3 unspecified atom stereocenters. The predicted octanol–water partition coefficient (Wildman–Crippen LogP) is 0.721. The first-order chi connectivity index (χ1) is 9.72. The summed E-state index contributed by atoms with van der Waals surface area (Å²) in [4.78, 5) is 8.15. The maximum Gasteiger partial charge on any atom is 0.0362 e. The standard InChI is InChI=1S/C16H30N4/c1-18-13-4-5-14(18)10-16(9-13,12-17)20-8-7-19-6-2-3-15(19)11-20/h13-15H,2-12,17H2,1H3. The van der Waals surface area contributed by atoms with Gasteiger partial charge in [-0.3, -0.25) is 9.80 Å². The lowest BCUT2D eigenvalue weighted by atomic mass is 9.80. The highest BCUT2D eigenvalue weighted by Gasteiger charge is 2.50. The summed E-state index contributed by atoms with van der Waals surface area (Å²) in [6, 6.07) is 2.40. The van der Waals surface area contributed by atoms with Gasteiger partial charge in [0, 0.05) is 49.8 Å². The van der Waals surface area contributed by atoms with Gasteiger partial charge in [-0.15, -0.1) is 0 Å². The molecule has 4 aliphatic rings. The Morgan fingerprint density at radius 3 is 2.45 bits per heavy atom.